The minimum atomic E-state index is -1.18. The number of benzene rings is 2. The molecule has 2 fully saturated rings. The molecule has 7 nitrogen and oxygen atoms in total. The van der Waals surface area contributed by atoms with E-state index in [1.807, 2.05) is 24.3 Å². The number of hydrogen-bond donors (Lipinski definition) is 2. The van der Waals surface area contributed by atoms with E-state index in [-0.39, 0.29) is 18.4 Å². The molecule has 1 heterocycles. The maximum atomic E-state index is 13.3. The maximum absolute atomic E-state index is 13.3. The van der Waals surface area contributed by atoms with Crippen LogP contribution in [0.1, 0.15) is 56.1 Å². The van der Waals surface area contributed by atoms with E-state index in [0.717, 1.165) is 22.3 Å². The van der Waals surface area contributed by atoms with E-state index in [9.17, 15) is 19.5 Å². The Hall–Kier alpha value is -3.35. The molecule has 2 aromatic rings. The zero-order valence-corrected chi connectivity index (χ0v) is 18.7. The molecule has 1 aliphatic heterocycles. The number of nitrogens with zero attached hydrogens (tertiary/aromatic N) is 1. The van der Waals surface area contributed by atoms with Crippen molar-refractivity contribution in [1.82, 2.24) is 10.2 Å². The summed E-state index contributed by atoms with van der Waals surface area (Å²) in [5.74, 6) is -1.35. The fourth-order valence-corrected chi connectivity index (χ4v) is 5.52. The van der Waals surface area contributed by atoms with Crippen molar-refractivity contribution in [2.24, 2.45) is 0 Å². The topological polar surface area (TPSA) is 95.9 Å². The highest BCUT2D eigenvalue weighted by Gasteiger charge is 2.59. The second-order valence-corrected chi connectivity index (χ2v) is 9.28. The number of carbonyl (C=O) groups excluding carboxylic acids is 2. The van der Waals surface area contributed by atoms with Crippen LogP contribution in [0.3, 0.4) is 0 Å². The fourth-order valence-electron chi connectivity index (χ4n) is 5.52. The smallest absolute Gasteiger partial charge is 0.408 e. The predicted octanol–water partition coefficient (Wildman–Crippen LogP) is 3.91. The lowest BCUT2D eigenvalue weighted by Gasteiger charge is -2.36. The van der Waals surface area contributed by atoms with Crippen LogP contribution in [0.5, 0.6) is 0 Å². The Morgan fingerprint density at radius 2 is 1.64 bits per heavy atom. The van der Waals surface area contributed by atoms with Gasteiger partial charge in [0, 0.05) is 12.5 Å². The van der Waals surface area contributed by atoms with Crippen LogP contribution in [0, 0.1) is 0 Å². The first-order valence-corrected chi connectivity index (χ1v) is 11.6. The Balaban J connectivity index is 1.28. The number of likely N-dealkylation sites (tertiary alicyclic amines) is 1. The molecule has 2 amide bonds. The Morgan fingerprint density at radius 1 is 1.03 bits per heavy atom. The highest BCUT2D eigenvalue weighted by molar-refractivity contribution is 5.97. The molecular formula is C26H28N2O5. The summed E-state index contributed by atoms with van der Waals surface area (Å²) in [6.45, 7) is 2.35. The second-order valence-electron chi connectivity index (χ2n) is 9.28. The summed E-state index contributed by atoms with van der Waals surface area (Å²) < 4.78 is 5.62. The number of alkyl carbamates (subject to hydrolysis) is 1. The molecule has 0 aromatic heterocycles. The molecule has 1 saturated heterocycles. The molecule has 3 aliphatic rings. The van der Waals surface area contributed by atoms with E-state index in [1.165, 1.54) is 4.90 Å². The van der Waals surface area contributed by atoms with Gasteiger partial charge in [0.05, 0.1) is 0 Å². The monoisotopic (exact) mass is 448 g/mol. The van der Waals surface area contributed by atoms with E-state index in [1.54, 1.807) is 6.92 Å². The van der Waals surface area contributed by atoms with Gasteiger partial charge in [-0.25, -0.2) is 9.59 Å². The number of ether oxygens (including phenoxy) is 1. The molecule has 0 bridgehead atoms. The summed E-state index contributed by atoms with van der Waals surface area (Å²) in [7, 11) is 0. The van der Waals surface area contributed by atoms with E-state index in [0.29, 0.717) is 38.6 Å². The summed E-state index contributed by atoms with van der Waals surface area (Å²) in [4.78, 5) is 39.5. The van der Waals surface area contributed by atoms with Gasteiger partial charge in [0.2, 0.25) is 5.91 Å². The first kappa shape index (κ1) is 21.5. The minimum absolute atomic E-state index is 0.0626. The third-order valence-electron chi connectivity index (χ3n) is 7.56. The van der Waals surface area contributed by atoms with Gasteiger partial charge in [-0.1, -0.05) is 55.5 Å². The number of amides is 2. The Morgan fingerprint density at radius 3 is 2.18 bits per heavy atom. The molecule has 5 rings (SSSR count). The first-order valence-electron chi connectivity index (χ1n) is 11.6. The number of rotatable bonds is 6. The van der Waals surface area contributed by atoms with E-state index in [4.69, 9.17) is 4.74 Å². The van der Waals surface area contributed by atoms with Gasteiger partial charge in [-0.05, 0) is 54.4 Å². The molecule has 172 valence electrons. The lowest BCUT2D eigenvalue weighted by molar-refractivity contribution is -0.158. The van der Waals surface area contributed by atoms with Crippen molar-refractivity contribution in [3.8, 4) is 11.1 Å². The van der Waals surface area contributed by atoms with Crippen LogP contribution in [-0.4, -0.2) is 52.2 Å². The quantitative estimate of drug-likeness (QED) is 0.699. The van der Waals surface area contributed by atoms with Crippen molar-refractivity contribution in [3.63, 3.8) is 0 Å². The Bertz CT molecular complexity index is 1080. The van der Waals surface area contributed by atoms with Crippen molar-refractivity contribution >= 4 is 18.0 Å². The maximum Gasteiger partial charge on any atom is 0.408 e. The summed E-state index contributed by atoms with van der Waals surface area (Å²) in [5.41, 5.74) is 2.30. The average molecular weight is 449 g/mol. The minimum Gasteiger partial charge on any atom is -0.479 e. The van der Waals surface area contributed by atoms with Crippen molar-refractivity contribution in [1.29, 1.82) is 0 Å². The van der Waals surface area contributed by atoms with Crippen molar-refractivity contribution in [3.05, 3.63) is 59.7 Å². The summed E-state index contributed by atoms with van der Waals surface area (Å²) in [6.07, 6.45) is 1.77. The molecule has 7 heteroatoms. The van der Waals surface area contributed by atoms with Crippen LogP contribution < -0.4 is 5.32 Å². The predicted molar refractivity (Wildman–Crippen MR) is 122 cm³/mol. The molecule has 2 aliphatic carbocycles. The summed E-state index contributed by atoms with van der Waals surface area (Å²) in [5, 5.41) is 12.6. The Labute approximate surface area is 192 Å². The normalized spacial score (nSPS) is 22.4. The zero-order chi connectivity index (χ0) is 23.2. The molecule has 2 N–H and O–H groups in total. The zero-order valence-electron chi connectivity index (χ0n) is 18.7. The van der Waals surface area contributed by atoms with E-state index >= 15 is 0 Å². The molecule has 2 aromatic carbocycles. The number of carboxylic acids is 1. The van der Waals surface area contributed by atoms with Crippen LogP contribution in [0.4, 0.5) is 4.79 Å². The number of aliphatic carboxylic acids is 1. The van der Waals surface area contributed by atoms with Crippen LogP contribution in [0.25, 0.3) is 11.1 Å². The van der Waals surface area contributed by atoms with Crippen LogP contribution in [0.15, 0.2) is 48.5 Å². The van der Waals surface area contributed by atoms with Crippen molar-refractivity contribution in [2.75, 3.05) is 13.2 Å². The van der Waals surface area contributed by atoms with Gasteiger partial charge in [0.25, 0.3) is 0 Å². The van der Waals surface area contributed by atoms with E-state index < -0.39 is 23.1 Å². The van der Waals surface area contributed by atoms with Crippen LogP contribution in [0.2, 0.25) is 0 Å². The third-order valence-corrected chi connectivity index (χ3v) is 7.56. The SMILES string of the molecule is CCC1(C(=O)O)CCCN1C(=O)C1(NC(=O)OCC2c3ccccc3-c3ccccc32)CC1. The second kappa shape index (κ2) is 7.90. The van der Waals surface area contributed by atoms with Crippen LogP contribution in [-0.2, 0) is 14.3 Å². The van der Waals surface area contributed by atoms with Crippen molar-refractivity contribution in [2.45, 2.75) is 56.0 Å². The van der Waals surface area contributed by atoms with Crippen LogP contribution >= 0.6 is 0 Å². The molecule has 0 spiro atoms. The number of nitrogens with one attached hydrogen (secondary N) is 1. The standard InChI is InChI=1S/C26H28N2O5/c1-2-26(23(30)31)12-7-15-28(26)22(29)25(13-14-25)27-24(32)33-16-21-19-10-5-3-8-17(19)18-9-4-6-11-20(18)21/h3-6,8-11,21H,2,7,12-16H2,1H3,(H,27,32)(H,30,31). The molecule has 1 saturated carbocycles. The van der Waals surface area contributed by atoms with Gasteiger partial charge >= 0.3 is 12.1 Å². The van der Waals surface area contributed by atoms with Crippen molar-refractivity contribution < 1.29 is 24.2 Å². The van der Waals surface area contributed by atoms with Gasteiger partial charge in [-0.2, -0.15) is 0 Å². The first-order chi connectivity index (χ1) is 15.9. The molecule has 33 heavy (non-hydrogen) atoms. The largest absolute Gasteiger partial charge is 0.479 e. The van der Waals surface area contributed by atoms with Gasteiger partial charge in [0.1, 0.15) is 17.7 Å². The molecular weight excluding hydrogens is 420 g/mol. The van der Waals surface area contributed by atoms with Gasteiger partial charge in [-0.3, -0.25) is 4.79 Å². The van der Waals surface area contributed by atoms with Gasteiger partial charge in [0.15, 0.2) is 0 Å². The van der Waals surface area contributed by atoms with E-state index in [2.05, 4.69) is 29.6 Å². The highest BCUT2D eigenvalue weighted by Crippen LogP contribution is 2.45. The molecule has 0 radical (unpaired) electrons. The summed E-state index contributed by atoms with van der Waals surface area (Å²) >= 11 is 0. The average Bonchev–Trinajstić information content (AvgIpc) is 3.35. The van der Waals surface area contributed by atoms with Gasteiger partial charge < -0.3 is 20.1 Å². The fraction of sp³-hybridized carbons (Fsp3) is 0.423. The highest BCUT2D eigenvalue weighted by atomic mass is 16.5. The lowest BCUT2D eigenvalue weighted by atomic mass is 9.92. The number of hydrogen-bond acceptors (Lipinski definition) is 4. The Kier molecular flexibility index (Phi) is 5.15. The number of carboxylic acid groups (broad SMARTS) is 1. The summed E-state index contributed by atoms with van der Waals surface area (Å²) in [6, 6.07) is 16.2. The molecule has 1 atom stereocenters. The number of fused-ring (bicyclic) bond motifs is 3. The number of carbonyl (C=O) groups is 3. The lowest BCUT2D eigenvalue weighted by Crippen LogP contribution is -2.59. The van der Waals surface area contributed by atoms with Gasteiger partial charge in [-0.15, -0.1) is 0 Å². The third kappa shape index (κ3) is 3.37. The molecule has 1 unspecified atom stereocenters.